The molecule has 0 saturated carbocycles. The Morgan fingerprint density at radius 3 is 2.93 bits per heavy atom. The molecular weight excluding hydrogens is 176 g/mol. The predicted octanol–water partition coefficient (Wildman–Crippen LogP) is 1.73. The number of rotatable bonds is 3. The molecule has 0 radical (unpaired) electrons. The summed E-state index contributed by atoms with van der Waals surface area (Å²) in [6, 6.07) is 5.93. The second-order valence-corrected chi connectivity index (χ2v) is 3.12. The second-order valence-electron chi connectivity index (χ2n) is 3.12. The summed E-state index contributed by atoms with van der Waals surface area (Å²) in [5.41, 5.74) is 3.10. The van der Waals surface area contributed by atoms with Gasteiger partial charge in [-0.15, -0.1) is 0 Å². The van der Waals surface area contributed by atoms with Crippen LogP contribution in [0, 0.1) is 6.92 Å². The van der Waals surface area contributed by atoms with Crippen LogP contribution in [-0.4, -0.2) is 15.2 Å². The van der Waals surface area contributed by atoms with E-state index < -0.39 is 0 Å². The largest absolute Gasteiger partial charge is 0.378 e. The molecule has 2 heterocycles. The minimum Gasteiger partial charge on any atom is -0.378 e. The number of anilines is 1. The van der Waals surface area contributed by atoms with Gasteiger partial charge in [-0.05, 0) is 25.1 Å². The number of nitrogens with zero attached hydrogens (tertiary/aromatic N) is 2. The summed E-state index contributed by atoms with van der Waals surface area (Å²) in [7, 11) is 0. The van der Waals surface area contributed by atoms with Gasteiger partial charge in [-0.2, -0.15) is 5.10 Å². The highest BCUT2D eigenvalue weighted by Crippen LogP contribution is 2.06. The number of aromatic nitrogens is 3. The van der Waals surface area contributed by atoms with Gasteiger partial charge in [0.2, 0.25) is 0 Å². The van der Waals surface area contributed by atoms with E-state index in [0.29, 0.717) is 0 Å². The van der Waals surface area contributed by atoms with Gasteiger partial charge in [-0.3, -0.25) is 10.1 Å². The molecule has 0 fully saturated rings. The lowest BCUT2D eigenvalue weighted by Crippen LogP contribution is -2.00. The van der Waals surface area contributed by atoms with Gasteiger partial charge >= 0.3 is 0 Å². The summed E-state index contributed by atoms with van der Waals surface area (Å²) < 4.78 is 0. The number of pyridine rings is 1. The summed E-state index contributed by atoms with van der Waals surface area (Å²) in [6.45, 7) is 2.71. The number of hydrogen-bond acceptors (Lipinski definition) is 3. The topological polar surface area (TPSA) is 53.6 Å². The van der Waals surface area contributed by atoms with Crippen LogP contribution in [0.1, 0.15) is 11.4 Å². The zero-order chi connectivity index (χ0) is 9.80. The lowest BCUT2D eigenvalue weighted by atomic mass is 10.3. The quantitative estimate of drug-likeness (QED) is 0.771. The number of nitrogens with one attached hydrogen (secondary N) is 2. The van der Waals surface area contributed by atoms with Crippen molar-refractivity contribution in [1.29, 1.82) is 0 Å². The maximum Gasteiger partial charge on any atom is 0.0568 e. The van der Waals surface area contributed by atoms with E-state index in [1.54, 1.807) is 6.20 Å². The first-order chi connectivity index (χ1) is 6.84. The molecule has 2 aromatic rings. The molecule has 0 aliphatic rings. The van der Waals surface area contributed by atoms with E-state index in [2.05, 4.69) is 20.5 Å². The molecule has 0 aliphatic heterocycles. The molecule has 14 heavy (non-hydrogen) atoms. The Bertz CT molecular complexity index is 377. The summed E-state index contributed by atoms with van der Waals surface area (Å²) >= 11 is 0. The molecule has 0 aromatic carbocycles. The average molecular weight is 188 g/mol. The van der Waals surface area contributed by atoms with Crippen molar-refractivity contribution >= 4 is 5.69 Å². The molecular formula is C10H12N4. The normalized spacial score (nSPS) is 10.1. The molecule has 0 spiro atoms. The molecule has 2 rings (SSSR count). The van der Waals surface area contributed by atoms with Crippen molar-refractivity contribution in [3.8, 4) is 0 Å². The fraction of sp³-hybridized carbons (Fsp3) is 0.200. The third-order valence-electron chi connectivity index (χ3n) is 1.95. The van der Waals surface area contributed by atoms with E-state index in [-0.39, 0.29) is 0 Å². The van der Waals surface area contributed by atoms with Crippen LogP contribution in [-0.2, 0) is 6.54 Å². The highest BCUT2D eigenvalue weighted by Gasteiger charge is 1.94. The van der Waals surface area contributed by atoms with E-state index in [0.717, 1.165) is 23.6 Å². The highest BCUT2D eigenvalue weighted by atomic mass is 15.1. The number of aromatic amines is 1. The first-order valence-corrected chi connectivity index (χ1v) is 4.49. The summed E-state index contributed by atoms with van der Waals surface area (Å²) in [4.78, 5) is 4.19. The minimum absolute atomic E-state index is 0.741. The Labute approximate surface area is 82.4 Å². The molecule has 4 heteroatoms. The molecule has 0 amide bonds. The summed E-state index contributed by atoms with van der Waals surface area (Å²) in [5.74, 6) is 0. The first kappa shape index (κ1) is 8.74. The van der Waals surface area contributed by atoms with Crippen molar-refractivity contribution in [3.63, 3.8) is 0 Å². The van der Waals surface area contributed by atoms with Gasteiger partial charge in [0.1, 0.15) is 0 Å². The van der Waals surface area contributed by atoms with Crippen LogP contribution < -0.4 is 5.32 Å². The Balaban J connectivity index is 1.95. The van der Waals surface area contributed by atoms with Crippen molar-refractivity contribution in [3.05, 3.63) is 42.0 Å². The lowest BCUT2D eigenvalue weighted by molar-refractivity contribution is 0.979. The molecule has 2 N–H and O–H groups in total. The summed E-state index contributed by atoms with van der Waals surface area (Å²) in [5, 5.41) is 9.99. The molecule has 2 aromatic heterocycles. The lowest BCUT2D eigenvalue weighted by Gasteiger charge is -2.03. The van der Waals surface area contributed by atoms with Crippen LogP contribution in [0.25, 0.3) is 0 Å². The van der Waals surface area contributed by atoms with Crippen LogP contribution in [0.4, 0.5) is 5.69 Å². The van der Waals surface area contributed by atoms with Gasteiger partial charge in [0.25, 0.3) is 0 Å². The smallest absolute Gasteiger partial charge is 0.0568 e. The van der Waals surface area contributed by atoms with Crippen molar-refractivity contribution < 1.29 is 0 Å². The maximum absolute atomic E-state index is 4.19. The molecule has 0 bridgehead atoms. The molecule has 0 unspecified atom stereocenters. The van der Waals surface area contributed by atoms with Crippen molar-refractivity contribution in [2.45, 2.75) is 13.5 Å². The fourth-order valence-corrected chi connectivity index (χ4v) is 1.15. The molecule has 0 saturated heterocycles. The van der Waals surface area contributed by atoms with Crippen molar-refractivity contribution in [2.24, 2.45) is 0 Å². The van der Waals surface area contributed by atoms with Gasteiger partial charge in [-0.1, -0.05) is 0 Å². The summed E-state index contributed by atoms with van der Waals surface area (Å²) in [6.07, 6.45) is 3.57. The third-order valence-corrected chi connectivity index (χ3v) is 1.95. The molecule has 0 aliphatic carbocycles. The van der Waals surface area contributed by atoms with Crippen molar-refractivity contribution in [1.82, 2.24) is 15.2 Å². The van der Waals surface area contributed by atoms with E-state index >= 15 is 0 Å². The monoisotopic (exact) mass is 188 g/mol. The minimum atomic E-state index is 0.741. The van der Waals surface area contributed by atoms with Gasteiger partial charge in [0.15, 0.2) is 0 Å². The van der Waals surface area contributed by atoms with Crippen molar-refractivity contribution in [2.75, 3.05) is 5.32 Å². The fourth-order valence-electron chi connectivity index (χ4n) is 1.15. The standard InChI is InChI=1S/C10H12N4/c1-8-2-3-9(6-11-8)12-7-10-4-5-13-14-10/h2-6,12H,7H2,1H3,(H,13,14). The maximum atomic E-state index is 4.19. The zero-order valence-corrected chi connectivity index (χ0v) is 7.99. The Kier molecular flexibility index (Phi) is 2.44. The number of aryl methyl sites for hydroxylation is 1. The highest BCUT2D eigenvalue weighted by molar-refractivity contribution is 5.40. The third kappa shape index (κ3) is 2.10. The second kappa shape index (κ2) is 3.91. The van der Waals surface area contributed by atoms with Gasteiger partial charge in [0.05, 0.1) is 24.1 Å². The first-order valence-electron chi connectivity index (χ1n) is 4.49. The van der Waals surface area contributed by atoms with E-state index in [1.165, 1.54) is 0 Å². The van der Waals surface area contributed by atoms with E-state index in [1.807, 2.05) is 31.3 Å². The Hall–Kier alpha value is -1.84. The van der Waals surface area contributed by atoms with Crippen LogP contribution >= 0.6 is 0 Å². The Morgan fingerprint density at radius 2 is 2.29 bits per heavy atom. The SMILES string of the molecule is Cc1ccc(NCc2ccn[nH]2)cn1. The van der Waals surface area contributed by atoms with Crippen LogP contribution in [0.3, 0.4) is 0 Å². The van der Waals surface area contributed by atoms with E-state index in [9.17, 15) is 0 Å². The number of hydrogen-bond donors (Lipinski definition) is 2. The number of H-pyrrole nitrogens is 1. The molecule has 4 nitrogen and oxygen atoms in total. The van der Waals surface area contributed by atoms with Crippen LogP contribution in [0.5, 0.6) is 0 Å². The molecule has 0 atom stereocenters. The van der Waals surface area contributed by atoms with Crippen LogP contribution in [0.15, 0.2) is 30.6 Å². The molecule has 72 valence electrons. The van der Waals surface area contributed by atoms with Gasteiger partial charge < -0.3 is 5.32 Å². The van der Waals surface area contributed by atoms with Gasteiger partial charge in [-0.25, -0.2) is 0 Å². The Morgan fingerprint density at radius 1 is 1.36 bits per heavy atom. The average Bonchev–Trinajstić information content (AvgIpc) is 2.70. The zero-order valence-electron chi connectivity index (χ0n) is 7.99. The predicted molar refractivity (Wildman–Crippen MR) is 54.9 cm³/mol. The van der Waals surface area contributed by atoms with Crippen LogP contribution in [0.2, 0.25) is 0 Å². The van der Waals surface area contributed by atoms with E-state index in [4.69, 9.17) is 0 Å². The van der Waals surface area contributed by atoms with Gasteiger partial charge in [0, 0.05) is 11.9 Å².